The van der Waals surface area contributed by atoms with Gasteiger partial charge in [0, 0.05) is 37.6 Å². The molecular weight excluding hydrogens is 357 g/mol. The molecule has 2 amide bonds. The molecule has 1 aliphatic heterocycles. The average molecular weight is 374 g/mol. The quantitative estimate of drug-likeness (QED) is 0.867. The summed E-state index contributed by atoms with van der Waals surface area (Å²) < 4.78 is 37.7. The number of nitrogens with one attached hydrogen (secondary N) is 1. The molecule has 0 aliphatic carbocycles. The topological polar surface area (TPSA) is 59.4 Å². The number of carbonyl (C=O) groups excluding carboxylic acids is 1. The fourth-order valence-electron chi connectivity index (χ4n) is 2.86. The summed E-state index contributed by atoms with van der Waals surface area (Å²) in [5, 5.41) is 11.5. The number of amides is 2. The van der Waals surface area contributed by atoms with Gasteiger partial charge in [0.2, 0.25) is 0 Å². The number of carbonyl (C=O) groups is 1. The third-order valence-corrected chi connectivity index (χ3v) is 4.39. The number of nitriles is 1. The molecule has 2 aromatic rings. The lowest BCUT2D eigenvalue weighted by Gasteiger charge is -2.36. The van der Waals surface area contributed by atoms with Crippen LogP contribution in [0.25, 0.3) is 0 Å². The van der Waals surface area contributed by atoms with Crippen molar-refractivity contribution in [3.05, 3.63) is 59.7 Å². The Morgan fingerprint density at radius 1 is 0.963 bits per heavy atom. The predicted octanol–water partition coefficient (Wildman–Crippen LogP) is 3.93. The molecule has 0 aromatic heterocycles. The molecule has 3 rings (SSSR count). The Labute approximate surface area is 154 Å². The van der Waals surface area contributed by atoms with Crippen LogP contribution in [-0.2, 0) is 6.18 Å². The standard InChI is InChI=1S/C19H17F3N4O/c20-19(21,22)15-3-5-16(6-4-15)24-18(27)26-11-9-25(10-12-26)17-7-1-14(13-23)2-8-17/h1-8H,9-12H2,(H,24,27). The first-order valence-corrected chi connectivity index (χ1v) is 8.35. The Hall–Kier alpha value is -3.21. The van der Waals surface area contributed by atoms with Gasteiger partial charge in [-0.05, 0) is 48.5 Å². The maximum Gasteiger partial charge on any atom is 0.416 e. The number of piperazine rings is 1. The average Bonchev–Trinajstić information content (AvgIpc) is 2.68. The van der Waals surface area contributed by atoms with E-state index in [1.807, 2.05) is 12.1 Å². The van der Waals surface area contributed by atoms with E-state index in [0.29, 0.717) is 37.4 Å². The number of urea groups is 1. The number of alkyl halides is 3. The van der Waals surface area contributed by atoms with Gasteiger partial charge in [-0.15, -0.1) is 0 Å². The Bertz CT molecular complexity index is 833. The number of nitrogens with zero attached hydrogens (tertiary/aromatic N) is 3. The lowest BCUT2D eigenvalue weighted by molar-refractivity contribution is -0.137. The Kier molecular flexibility index (Phi) is 5.21. The van der Waals surface area contributed by atoms with Gasteiger partial charge in [-0.1, -0.05) is 0 Å². The Balaban J connectivity index is 1.54. The van der Waals surface area contributed by atoms with E-state index in [4.69, 9.17) is 5.26 Å². The van der Waals surface area contributed by atoms with Crippen molar-refractivity contribution in [1.29, 1.82) is 5.26 Å². The van der Waals surface area contributed by atoms with Crippen molar-refractivity contribution in [2.75, 3.05) is 36.4 Å². The van der Waals surface area contributed by atoms with Crippen LogP contribution in [0.15, 0.2) is 48.5 Å². The minimum absolute atomic E-state index is 0.322. The fourth-order valence-corrected chi connectivity index (χ4v) is 2.86. The van der Waals surface area contributed by atoms with Gasteiger partial charge in [-0.25, -0.2) is 4.79 Å². The first-order valence-electron chi connectivity index (χ1n) is 8.35. The summed E-state index contributed by atoms with van der Waals surface area (Å²) >= 11 is 0. The number of halogens is 3. The van der Waals surface area contributed by atoms with Crippen LogP contribution < -0.4 is 10.2 Å². The third-order valence-electron chi connectivity index (χ3n) is 4.39. The molecular formula is C19H17F3N4O. The van der Waals surface area contributed by atoms with Crippen LogP contribution in [-0.4, -0.2) is 37.1 Å². The molecule has 0 spiro atoms. The van der Waals surface area contributed by atoms with E-state index in [1.165, 1.54) is 12.1 Å². The van der Waals surface area contributed by atoms with Crippen LogP contribution >= 0.6 is 0 Å². The normalized spacial score (nSPS) is 14.6. The molecule has 1 heterocycles. The molecule has 0 atom stereocenters. The first-order chi connectivity index (χ1) is 12.9. The van der Waals surface area contributed by atoms with Crippen LogP contribution in [0.4, 0.5) is 29.3 Å². The molecule has 27 heavy (non-hydrogen) atoms. The number of hydrogen-bond acceptors (Lipinski definition) is 3. The zero-order valence-electron chi connectivity index (χ0n) is 14.3. The minimum atomic E-state index is -4.40. The lowest BCUT2D eigenvalue weighted by atomic mass is 10.2. The van der Waals surface area contributed by atoms with Crippen LogP contribution in [0.1, 0.15) is 11.1 Å². The second kappa shape index (κ2) is 7.58. The molecule has 2 aromatic carbocycles. The van der Waals surface area contributed by atoms with Crippen molar-refractivity contribution < 1.29 is 18.0 Å². The zero-order chi connectivity index (χ0) is 19.4. The lowest BCUT2D eigenvalue weighted by Crippen LogP contribution is -2.50. The second-order valence-corrected chi connectivity index (χ2v) is 6.14. The highest BCUT2D eigenvalue weighted by atomic mass is 19.4. The smallest absolute Gasteiger partial charge is 0.368 e. The molecule has 1 saturated heterocycles. The van der Waals surface area contributed by atoms with Crippen molar-refractivity contribution >= 4 is 17.4 Å². The van der Waals surface area contributed by atoms with Crippen molar-refractivity contribution in [2.24, 2.45) is 0 Å². The van der Waals surface area contributed by atoms with Gasteiger partial charge < -0.3 is 15.1 Å². The fraction of sp³-hybridized carbons (Fsp3) is 0.263. The van der Waals surface area contributed by atoms with E-state index in [9.17, 15) is 18.0 Å². The SMILES string of the molecule is N#Cc1ccc(N2CCN(C(=O)Nc3ccc(C(F)(F)F)cc3)CC2)cc1. The number of rotatable bonds is 2. The van der Waals surface area contributed by atoms with Gasteiger partial charge in [0.15, 0.2) is 0 Å². The summed E-state index contributed by atoms with van der Waals surface area (Å²) in [7, 11) is 0. The van der Waals surface area contributed by atoms with Crippen molar-refractivity contribution in [2.45, 2.75) is 6.18 Å². The summed E-state index contributed by atoms with van der Waals surface area (Å²) in [6.45, 7) is 2.25. The van der Waals surface area contributed by atoms with Gasteiger partial charge in [-0.3, -0.25) is 0 Å². The number of hydrogen-bond donors (Lipinski definition) is 1. The summed E-state index contributed by atoms with van der Waals surface area (Å²) in [6, 6.07) is 13.3. The van der Waals surface area contributed by atoms with E-state index in [0.717, 1.165) is 17.8 Å². The third kappa shape index (κ3) is 4.50. The summed E-state index contributed by atoms with van der Waals surface area (Å²) in [5.41, 5.74) is 1.14. The minimum Gasteiger partial charge on any atom is -0.368 e. The van der Waals surface area contributed by atoms with E-state index in [2.05, 4.69) is 16.3 Å². The number of benzene rings is 2. The molecule has 0 unspecified atom stereocenters. The molecule has 8 heteroatoms. The Morgan fingerprint density at radius 2 is 1.56 bits per heavy atom. The van der Waals surface area contributed by atoms with E-state index < -0.39 is 11.7 Å². The first kappa shape index (κ1) is 18.6. The van der Waals surface area contributed by atoms with Crippen molar-refractivity contribution in [3.8, 4) is 6.07 Å². The molecule has 5 nitrogen and oxygen atoms in total. The highest BCUT2D eigenvalue weighted by molar-refractivity contribution is 5.89. The maximum absolute atomic E-state index is 12.6. The highest BCUT2D eigenvalue weighted by Crippen LogP contribution is 2.29. The second-order valence-electron chi connectivity index (χ2n) is 6.14. The summed E-state index contributed by atoms with van der Waals surface area (Å²) in [5.74, 6) is 0. The van der Waals surface area contributed by atoms with Gasteiger partial charge >= 0.3 is 12.2 Å². The van der Waals surface area contributed by atoms with Crippen LogP contribution in [0.3, 0.4) is 0 Å². The van der Waals surface area contributed by atoms with E-state index in [-0.39, 0.29) is 6.03 Å². The van der Waals surface area contributed by atoms with E-state index in [1.54, 1.807) is 17.0 Å². The van der Waals surface area contributed by atoms with Crippen LogP contribution in [0.2, 0.25) is 0 Å². The molecule has 140 valence electrons. The molecule has 0 saturated carbocycles. The molecule has 1 fully saturated rings. The zero-order valence-corrected chi connectivity index (χ0v) is 14.3. The van der Waals surface area contributed by atoms with Gasteiger partial charge in [0.05, 0.1) is 17.2 Å². The monoisotopic (exact) mass is 374 g/mol. The van der Waals surface area contributed by atoms with Crippen molar-refractivity contribution in [1.82, 2.24) is 4.90 Å². The summed E-state index contributed by atoms with van der Waals surface area (Å²) in [4.78, 5) is 16.1. The molecule has 0 radical (unpaired) electrons. The molecule has 0 bridgehead atoms. The largest absolute Gasteiger partial charge is 0.416 e. The van der Waals surface area contributed by atoms with Gasteiger partial charge in [0.25, 0.3) is 0 Å². The van der Waals surface area contributed by atoms with Gasteiger partial charge in [-0.2, -0.15) is 18.4 Å². The van der Waals surface area contributed by atoms with Crippen LogP contribution in [0, 0.1) is 11.3 Å². The summed E-state index contributed by atoms with van der Waals surface area (Å²) in [6.07, 6.45) is -4.40. The molecule has 1 aliphatic rings. The molecule has 1 N–H and O–H groups in total. The van der Waals surface area contributed by atoms with Crippen LogP contribution in [0.5, 0.6) is 0 Å². The van der Waals surface area contributed by atoms with Gasteiger partial charge in [0.1, 0.15) is 0 Å². The van der Waals surface area contributed by atoms with Crippen molar-refractivity contribution in [3.63, 3.8) is 0 Å². The number of anilines is 2. The predicted molar refractivity (Wildman–Crippen MR) is 95.4 cm³/mol. The Morgan fingerprint density at radius 3 is 2.07 bits per heavy atom. The maximum atomic E-state index is 12.6. The van der Waals surface area contributed by atoms with E-state index >= 15 is 0 Å². The highest BCUT2D eigenvalue weighted by Gasteiger charge is 2.30.